The first-order valence-electron chi connectivity index (χ1n) is 6.84. The van der Waals surface area contributed by atoms with E-state index < -0.39 is 5.82 Å². The summed E-state index contributed by atoms with van der Waals surface area (Å²) in [4.78, 5) is 13.7. The molecular formula is C16H18FNO3. The third-order valence-electron chi connectivity index (χ3n) is 3.60. The van der Waals surface area contributed by atoms with Crippen molar-refractivity contribution >= 4 is 5.91 Å². The van der Waals surface area contributed by atoms with Crippen molar-refractivity contribution in [1.82, 2.24) is 4.90 Å². The highest BCUT2D eigenvalue weighted by Crippen LogP contribution is 2.28. The second-order valence-electron chi connectivity index (χ2n) is 5.33. The zero-order valence-electron chi connectivity index (χ0n) is 11.8. The van der Waals surface area contributed by atoms with Crippen LogP contribution in [0.3, 0.4) is 0 Å². The van der Waals surface area contributed by atoms with Crippen LogP contribution in [-0.2, 0) is 0 Å². The first kappa shape index (κ1) is 15.5. The van der Waals surface area contributed by atoms with Gasteiger partial charge in [-0.1, -0.05) is 11.8 Å². The molecule has 0 heterocycles. The largest absolute Gasteiger partial charge is 0.393 e. The van der Waals surface area contributed by atoms with Gasteiger partial charge in [-0.3, -0.25) is 4.79 Å². The van der Waals surface area contributed by atoms with Crippen molar-refractivity contribution in [3.05, 3.63) is 35.1 Å². The number of carbonyl (C=O) groups is 1. The molecule has 1 aliphatic rings. The summed E-state index contributed by atoms with van der Waals surface area (Å²) in [5.41, 5.74) is 0.426. The second-order valence-corrected chi connectivity index (χ2v) is 5.33. The van der Waals surface area contributed by atoms with Crippen LogP contribution in [0.2, 0.25) is 0 Å². The van der Waals surface area contributed by atoms with Gasteiger partial charge in [-0.25, -0.2) is 4.39 Å². The summed E-state index contributed by atoms with van der Waals surface area (Å²) in [6.45, 7) is 0.222. The lowest BCUT2D eigenvalue weighted by atomic mass is 9.82. The van der Waals surface area contributed by atoms with Crippen molar-refractivity contribution in [2.75, 3.05) is 20.2 Å². The van der Waals surface area contributed by atoms with Crippen LogP contribution in [0.5, 0.6) is 0 Å². The lowest BCUT2D eigenvalue weighted by molar-refractivity contribution is 0.0264. The molecule has 1 aromatic carbocycles. The number of hydrogen-bond donors (Lipinski definition) is 2. The van der Waals surface area contributed by atoms with E-state index in [9.17, 15) is 14.3 Å². The number of aliphatic hydroxyl groups excluding tert-OH is 2. The number of nitrogens with zero attached hydrogens (tertiary/aromatic N) is 1. The van der Waals surface area contributed by atoms with Crippen LogP contribution in [0, 0.1) is 23.6 Å². The average Bonchev–Trinajstić information content (AvgIpc) is 2.42. The summed E-state index contributed by atoms with van der Waals surface area (Å²) in [6.07, 6.45) is 1.12. The molecule has 1 aliphatic carbocycles. The Kier molecular flexibility index (Phi) is 4.94. The van der Waals surface area contributed by atoms with E-state index >= 15 is 0 Å². The number of benzene rings is 1. The lowest BCUT2D eigenvalue weighted by Crippen LogP contribution is -2.39. The van der Waals surface area contributed by atoms with Gasteiger partial charge < -0.3 is 15.1 Å². The number of rotatable bonds is 3. The van der Waals surface area contributed by atoms with E-state index in [1.807, 2.05) is 0 Å². The summed E-state index contributed by atoms with van der Waals surface area (Å²) in [5, 5.41) is 17.8. The smallest absolute Gasteiger partial charge is 0.256 e. The maximum Gasteiger partial charge on any atom is 0.256 e. The van der Waals surface area contributed by atoms with Gasteiger partial charge in [-0.15, -0.1) is 0 Å². The maximum atomic E-state index is 14.0. The van der Waals surface area contributed by atoms with Crippen LogP contribution in [0.15, 0.2) is 18.2 Å². The standard InChI is InChI=1S/C16H18FNO3/c1-18(10-12-7-13(20)8-12)16(21)14-5-4-11(3-2-6-19)9-15(14)17/h4-5,9,12-13,19-20H,6-8,10H2,1H3. The van der Waals surface area contributed by atoms with Gasteiger partial charge in [0.2, 0.25) is 0 Å². The Morgan fingerprint density at radius 3 is 2.76 bits per heavy atom. The molecule has 2 rings (SSSR count). The Bertz CT molecular complexity index is 585. The number of halogens is 1. The van der Waals surface area contributed by atoms with E-state index in [1.165, 1.54) is 17.0 Å². The normalized spacial score (nSPS) is 20.2. The number of aliphatic hydroxyl groups is 2. The molecule has 1 aromatic rings. The SMILES string of the molecule is CN(CC1CC(O)C1)C(=O)c1ccc(C#CCO)cc1F. The molecule has 1 fully saturated rings. The molecule has 21 heavy (non-hydrogen) atoms. The summed E-state index contributed by atoms with van der Waals surface area (Å²) in [5.74, 6) is 4.31. The van der Waals surface area contributed by atoms with Crippen LogP contribution < -0.4 is 0 Å². The molecule has 0 aromatic heterocycles. The summed E-state index contributed by atoms with van der Waals surface area (Å²) in [6, 6.07) is 4.15. The molecule has 1 amide bonds. The van der Waals surface area contributed by atoms with Crippen LogP contribution >= 0.6 is 0 Å². The Balaban J connectivity index is 2.04. The molecule has 0 bridgehead atoms. The molecule has 4 nitrogen and oxygen atoms in total. The van der Waals surface area contributed by atoms with Gasteiger partial charge in [0, 0.05) is 19.2 Å². The Hall–Kier alpha value is -1.90. The van der Waals surface area contributed by atoms with Gasteiger partial charge in [0.1, 0.15) is 12.4 Å². The molecule has 0 radical (unpaired) electrons. The highest BCUT2D eigenvalue weighted by atomic mass is 19.1. The zero-order chi connectivity index (χ0) is 15.4. The molecule has 5 heteroatoms. The fourth-order valence-electron chi connectivity index (χ4n) is 2.43. The maximum absolute atomic E-state index is 14.0. The van der Waals surface area contributed by atoms with Gasteiger partial charge in [0.15, 0.2) is 0 Å². The van der Waals surface area contributed by atoms with Crippen molar-refractivity contribution in [3.63, 3.8) is 0 Å². The van der Waals surface area contributed by atoms with Gasteiger partial charge >= 0.3 is 0 Å². The molecule has 0 unspecified atom stereocenters. The number of hydrogen-bond acceptors (Lipinski definition) is 3. The lowest BCUT2D eigenvalue weighted by Gasteiger charge is -2.34. The number of amides is 1. The van der Waals surface area contributed by atoms with Gasteiger partial charge in [-0.05, 0) is 37.0 Å². The predicted octanol–water partition coefficient (Wildman–Crippen LogP) is 1.01. The van der Waals surface area contributed by atoms with Gasteiger partial charge in [0.05, 0.1) is 11.7 Å². The van der Waals surface area contributed by atoms with E-state index in [1.54, 1.807) is 13.1 Å². The van der Waals surface area contributed by atoms with Gasteiger partial charge in [-0.2, -0.15) is 0 Å². The van der Waals surface area contributed by atoms with Gasteiger partial charge in [0.25, 0.3) is 5.91 Å². The molecule has 112 valence electrons. The molecule has 0 aliphatic heterocycles. The van der Waals surface area contributed by atoms with E-state index in [-0.39, 0.29) is 30.1 Å². The van der Waals surface area contributed by atoms with Crippen LogP contribution in [0.25, 0.3) is 0 Å². The summed E-state index contributed by atoms with van der Waals surface area (Å²) in [7, 11) is 1.63. The quantitative estimate of drug-likeness (QED) is 0.817. The minimum Gasteiger partial charge on any atom is -0.393 e. The molecule has 1 saturated carbocycles. The van der Waals surface area contributed by atoms with Crippen molar-refractivity contribution in [2.24, 2.45) is 5.92 Å². The van der Waals surface area contributed by atoms with Crippen LogP contribution in [0.4, 0.5) is 4.39 Å². The molecule has 0 saturated heterocycles. The fourth-order valence-corrected chi connectivity index (χ4v) is 2.43. The van der Waals surface area contributed by atoms with Crippen molar-refractivity contribution < 1.29 is 19.4 Å². The van der Waals surface area contributed by atoms with Crippen LogP contribution in [0.1, 0.15) is 28.8 Å². The molecule has 0 atom stereocenters. The van der Waals surface area contributed by atoms with Crippen molar-refractivity contribution in [3.8, 4) is 11.8 Å². The van der Waals surface area contributed by atoms with Crippen molar-refractivity contribution in [2.45, 2.75) is 18.9 Å². The molecular weight excluding hydrogens is 273 g/mol. The first-order valence-corrected chi connectivity index (χ1v) is 6.84. The molecule has 0 spiro atoms. The first-order chi connectivity index (χ1) is 10.0. The summed E-state index contributed by atoms with van der Waals surface area (Å²) >= 11 is 0. The predicted molar refractivity (Wildman–Crippen MR) is 76.1 cm³/mol. The fraction of sp³-hybridized carbons (Fsp3) is 0.438. The highest BCUT2D eigenvalue weighted by Gasteiger charge is 2.29. The average molecular weight is 291 g/mol. The Labute approximate surface area is 123 Å². The highest BCUT2D eigenvalue weighted by molar-refractivity contribution is 5.94. The summed E-state index contributed by atoms with van der Waals surface area (Å²) < 4.78 is 14.0. The van der Waals surface area contributed by atoms with E-state index in [2.05, 4.69) is 11.8 Å². The number of carbonyl (C=O) groups excluding carboxylic acids is 1. The van der Waals surface area contributed by atoms with E-state index in [4.69, 9.17) is 5.11 Å². The third kappa shape index (κ3) is 3.81. The van der Waals surface area contributed by atoms with Crippen molar-refractivity contribution in [1.29, 1.82) is 0 Å². The second kappa shape index (κ2) is 6.70. The van der Waals surface area contributed by atoms with E-state index in [0.717, 1.165) is 0 Å². The van der Waals surface area contributed by atoms with E-state index in [0.29, 0.717) is 24.9 Å². The Morgan fingerprint density at radius 2 is 2.19 bits per heavy atom. The topological polar surface area (TPSA) is 60.8 Å². The Morgan fingerprint density at radius 1 is 1.48 bits per heavy atom. The minimum absolute atomic E-state index is 0.00641. The molecule has 2 N–H and O–H groups in total. The van der Waals surface area contributed by atoms with Crippen LogP contribution in [-0.4, -0.2) is 47.3 Å². The monoisotopic (exact) mass is 291 g/mol. The minimum atomic E-state index is -0.620. The third-order valence-corrected chi connectivity index (χ3v) is 3.60. The zero-order valence-corrected chi connectivity index (χ0v) is 11.8.